The molecule has 0 amide bonds. The Morgan fingerprint density at radius 3 is 1.75 bits per heavy atom. The van der Waals surface area contributed by atoms with Crippen LogP contribution >= 0.6 is 0 Å². The van der Waals surface area contributed by atoms with Crippen LogP contribution in [0.4, 0.5) is 13.2 Å². The van der Waals surface area contributed by atoms with E-state index in [1.54, 1.807) is 0 Å². The van der Waals surface area contributed by atoms with Crippen molar-refractivity contribution in [1.82, 2.24) is 0 Å². The fraction of sp³-hybridized carbons (Fsp3) is 0.125. The molecule has 0 aliphatic heterocycles. The Morgan fingerprint density at radius 2 is 1.50 bits per heavy atom. The van der Waals surface area contributed by atoms with E-state index in [9.17, 15) is 13.2 Å². The molecule has 0 unspecified atom stereocenters. The molecule has 0 fully saturated rings. The summed E-state index contributed by atoms with van der Waals surface area (Å²) in [5, 5.41) is 0. The van der Waals surface area contributed by atoms with Crippen LogP contribution in [0.25, 0.3) is 0 Å². The predicted molar refractivity (Wildman–Crippen MR) is 36.7 cm³/mol. The zero-order valence-electron chi connectivity index (χ0n) is 6.35. The Morgan fingerprint density at radius 1 is 1.08 bits per heavy atom. The molecule has 0 aliphatic carbocycles. The molecule has 1 rings (SSSR count). The summed E-state index contributed by atoms with van der Waals surface area (Å²) in [6, 6.07) is 6.95. The second kappa shape index (κ2) is 5.36. The van der Waals surface area contributed by atoms with Gasteiger partial charge in [0, 0.05) is 0 Å². The van der Waals surface area contributed by atoms with Crippen LogP contribution in [-0.4, -0.2) is 0 Å². The molecular formula is C8H7F3W. The van der Waals surface area contributed by atoms with E-state index in [0.29, 0.717) is 0 Å². The van der Waals surface area contributed by atoms with Gasteiger partial charge in [0.25, 0.3) is 0 Å². The maximum atomic E-state index is 11.8. The van der Waals surface area contributed by atoms with Crippen LogP contribution in [0.1, 0.15) is 5.56 Å². The van der Waals surface area contributed by atoms with E-state index in [1.807, 2.05) is 0 Å². The normalized spacial score (nSPS) is 9.58. The average molecular weight is 344 g/mol. The van der Waals surface area contributed by atoms with Crippen LogP contribution in [0.2, 0.25) is 0 Å². The van der Waals surface area contributed by atoms with E-state index in [0.717, 1.165) is 12.1 Å². The summed E-state index contributed by atoms with van der Waals surface area (Å²) in [6.07, 6.45) is -4.23. The Labute approximate surface area is 84.1 Å². The van der Waals surface area contributed by atoms with Gasteiger partial charge < -0.3 is 7.43 Å². The van der Waals surface area contributed by atoms with Crippen molar-refractivity contribution >= 4 is 0 Å². The van der Waals surface area contributed by atoms with Crippen molar-refractivity contribution in [2.75, 3.05) is 0 Å². The summed E-state index contributed by atoms with van der Waals surface area (Å²) in [5.41, 5.74) is -0.633. The summed E-state index contributed by atoms with van der Waals surface area (Å²) >= 11 is 0. The summed E-state index contributed by atoms with van der Waals surface area (Å²) in [6.45, 7) is 0. The number of hydrogen-bond acceptors (Lipinski definition) is 0. The predicted octanol–water partition coefficient (Wildman–Crippen LogP) is 2.95. The van der Waals surface area contributed by atoms with E-state index in [1.165, 1.54) is 12.1 Å². The summed E-state index contributed by atoms with van der Waals surface area (Å²) < 4.78 is 35.3. The second-order valence-electron chi connectivity index (χ2n) is 1.79. The van der Waals surface area contributed by atoms with Gasteiger partial charge in [-0.1, -0.05) is 5.56 Å². The van der Waals surface area contributed by atoms with Crippen molar-refractivity contribution < 1.29 is 34.2 Å². The van der Waals surface area contributed by atoms with Crippen molar-refractivity contribution in [3.05, 3.63) is 43.3 Å². The van der Waals surface area contributed by atoms with Crippen LogP contribution in [0.15, 0.2) is 24.3 Å². The molecule has 1 aromatic carbocycles. The average Bonchev–Trinajstić information content (AvgIpc) is 1.88. The molecule has 0 N–H and O–H groups in total. The first-order valence-corrected chi connectivity index (χ1v) is 2.64. The van der Waals surface area contributed by atoms with Gasteiger partial charge in [0.2, 0.25) is 0 Å². The van der Waals surface area contributed by atoms with Crippen LogP contribution in [0.3, 0.4) is 0 Å². The molecule has 0 bridgehead atoms. The topological polar surface area (TPSA) is 0 Å². The minimum Gasteiger partial charge on any atom is -0.358 e. The third kappa shape index (κ3) is 3.91. The fourth-order valence-electron chi connectivity index (χ4n) is 0.576. The molecule has 0 aromatic heterocycles. The van der Waals surface area contributed by atoms with E-state index < -0.39 is 11.7 Å². The van der Waals surface area contributed by atoms with Crippen LogP contribution in [-0.2, 0) is 27.2 Å². The monoisotopic (exact) mass is 344 g/mol. The number of rotatable bonds is 0. The fourth-order valence-corrected chi connectivity index (χ4v) is 0.576. The van der Waals surface area contributed by atoms with Crippen molar-refractivity contribution in [2.45, 2.75) is 6.18 Å². The van der Waals surface area contributed by atoms with Gasteiger partial charge in [0.1, 0.15) is 0 Å². The van der Waals surface area contributed by atoms with Gasteiger partial charge in [-0.2, -0.15) is 43.5 Å². The first kappa shape index (κ1) is 14.2. The molecule has 0 aliphatic rings. The van der Waals surface area contributed by atoms with Crippen LogP contribution in [0, 0.1) is 13.5 Å². The number of benzene rings is 1. The molecule has 0 spiro atoms. The van der Waals surface area contributed by atoms with E-state index in [4.69, 9.17) is 0 Å². The van der Waals surface area contributed by atoms with Gasteiger partial charge >= 0.3 is 27.2 Å². The molecule has 1 aromatic rings. The Hall–Kier alpha value is -0.302. The largest absolute Gasteiger partial charge is 2.00 e. The van der Waals surface area contributed by atoms with Gasteiger partial charge in [0.15, 0.2) is 0 Å². The quantitative estimate of drug-likeness (QED) is 0.635. The van der Waals surface area contributed by atoms with Crippen LogP contribution < -0.4 is 0 Å². The van der Waals surface area contributed by atoms with Crippen molar-refractivity contribution in [3.8, 4) is 0 Å². The maximum Gasteiger partial charge on any atom is 2.00 e. The number of alkyl halides is 3. The summed E-state index contributed by atoms with van der Waals surface area (Å²) in [5.74, 6) is 0. The number of hydrogen-bond donors (Lipinski definition) is 0. The van der Waals surface area contributed by atoms with E-state index in [2.05, 4.69) is 6.07 Å². The molecule has 0 radical (unpaired) electrons. The summed E-state index contributed by atoms with van der Waals surface area (Å²) in [7, 11) is 0. The first-order chi connectivity index (χ1) is 4.61. The van der Waals surface area contributed by atoms with Crippen molar-refractivity contribution in [3.63, 3.8) is 0 Å². The SMILES string of the molecule is FC(F)(F)c1cc[c-]cc1.[CH3-].[W+2]. The molecular weight excluding hydrogens is 337 g/mol. The van der Waals surface area contributed by atoms with Crippen LogP contribution in [0.5, 0.6) is 0 Å². The summed E-state index contributed by atoms with van der Waals surface area (Å²) in [4.78, 5) is 0. The molecule has 0 heterocycles. The van der Waals surface area contributed by atoms with Gasteiger partial charge in [0.05, 0.1) is 0 Å². The molecule has 0 atom stereocenters. The van der Waals surface area contributed by atoms with Crippen molar-refractivity contribution in [2.24, 2.45) is 0 Å². The molecule has 4 heteroatoms. The Bertz CT molecular complexity index is 205. The van der Waals surface area contributed by atoms with Crippen molar-refractivity contribution in [1.29, 1.82) is 0 Å². The zero-order valence-corrected chi connectivity index (χ0v) is 9.28. The number of halogens is 3. The smallest absolute Gasteiger partial charge is 0.358 e. The van der Waals surface area contributed by atoms with Gasteiger partial charge in [-0.25, -0.2) is 0 Å². The minimum atomic E-state index is -4.23. The van der Waals surface area contributed by atoms with Gasteiger partial charge in [-0.15, -0.1) is 0 Å². The van der Waals surface area contributed by atoms with E-state index in [-0.39, 0.29) is 28.5 Å². The van der Waals surface area contributed by atoms with Gasteiger partial charge in [-0.05, 0) is 0 Å². The molecule has 0 saturated heterocycles. The third-order valence-electron chi connectivity index (χ3n) is 1.05. The molecule has 0 saturated carbocycles. The zero-order chi connectivity index (χ0) is 7.61. The maximum absolute atomic E-state index is 11.8. The third-order valence-corrected chi connectivity index (χ3v) is 1.05. The van der Waals surface area contributed by atoms with Gasteiger partial charge in [-0.3, -0.25) is 0 Å². The molecule has 0 nitrogen and oxygen atoms in total. The van der Waals surface area contributed by atoms with E-state index >= 15 is 0 Å². The Kier molecular flexibility index (Phi) is 6.36. The standard InChI is InChI=1S/C7H4F3.CH3.W/c8-7(9,10)6-4-2-1-3-5-6;;/h2-5H;1H3;/q2*-1;+2. The first-order valence-electron chi connectivity index (χ1n) is 2.64. The minimum absolute atomic E-state index is 0. The Balaban J connectivity index is 0. The second-order valence-corrected chi connectivity index (χ2v) is 1.79. The molecule has 12 heavy (non-hydrogen) atoms. The molecule has 66 valence electrons.